The maximum Gasteiger partial charge on any atom is 0.407 e. The molecule has 4 atom stereocenters. The van der Waals surface area contributed by atoms with Gasteiger partial charge in [-0.15, -0.1) is 0 Å². The number of nitrogens with one attached hydrogen (secondary N) is 2. The van der Waals surface area contributed by atoms with Gasteiger partial charge in [-0.2, -0.15) is 0 Å². The monoisotopic (exact) mass is 800 g/mol. The number of rotatable bonds is 24. The largest absolute Gasteiger partial charge is 0.465 e. The van der Waals surface area contributed by atoms with E-state index >= 15 is 0 Å². The number of carbonyl (C=O) groups is 3. The maximum atomic E-state index is 13.0. The quantitative estimate of drug-likeness (QED) is 0.0589. The van der Waals surface area contributed by atoms with Crippen LogP contribution in [0.1, 0.15) is 70.1 Å². The number of hydrogen-bond acceptors (Lipinski definition) is 12. The molecule has 308 valence electrons. The van der Waals surface area contributed by atoms with E-state index in [2.05, 4.69) is 27.5 Å². The molecule has 0 saturated carbocycles. The van der Waals surface area contributed by atoms with Crippen LogP contribution in [0.5, 0.6) is 0 Å². The SMILES string of the molecule is CCCCCCN(CCNC(=O)c1ccc(CCN(C[C@H](CNC(=O)c2nc(Cl)c(N)nc2N)Cc2ccccc2C)C(=O)O)cc1)C[C@H](O)[C@@H](O)[C@H](O)CO. The number of halogens is 1. The normalized spacial score (nSPS) is 13.5. The standard InChI is InChI=1S/C39H57ClN8O8/c1-3-4-5-8-17-47(23-30(50)33(52)31(51)24-49)19-16-43-37(53)28-13-11-26(12-14-28)15-18-48(39(55)56)22-27(20-29-10-7-6-9-25(29)2)21-44-38(54)32-35(41)46-36(42)34(40)45-32/h6-7,9-14,27,30-31,33,49-52H,3-5,8,15-24H2,1-2H3,(H,43,53)(H,44,54)(H,55,56)(H4,41,42,46)/t27-,30-,31+,33+/m0/s1. The second-order valence-electron chi connectivity index (χ2n) is 13.9. The lowest BCUT2D eigenvalue weighted by atomic mass is 9.95. The van der Waals surface area contributed by atoms with Gasteiger partial charge in [0.2, 0.25) is 0 Å². The molecule has 0 aliphatic carbocycles. The van der Waals surface area contributed by atoms with E-state index < -0.39 is 36.9 Å². The first-order valence-electron chi connectivity index (χ1n) is 18.9. The number of aryl methyl sites for hydroxylation is 1. The average molecular weight is 801 g/mol. The van der Waals surface area contributed by atoms with E-state index in [4.69, 9.17) is 28.2 Å². The predicted octanol–water partition coefficient (Wildman–Crippen LogP) is 2.10. The molecule has 11 N–H and O–H groups in total. The Kier molecular flexibility index (Phi) is 19.2. The molecule has 3 rings (SSSR count). The Morgan fingerprint density at radius 1 is 0.857 bits per heavy atom. The maximum absolute atomic E-state index is 13.0. The Morgan fingerprint density at radius 2 is 1.57 bits per heavy atom. The molecular formula is C39H57ClN8O8. The molecule has 1 aromatic heterocycles. The van der Waals surface area contributed by atoms with Crippen LogP contribution in [0.15, 0.2) is 48.5 Å². The van der Waals surface area contributed by atoms with Crippen molar-refractivity contribution < 1.29 is 39.9 Å². The van der Waals surface area contributed by atoms with Gasteiger partial charge in [0.15, 0.2) is 22.5 Å². The summed E-state index contributed by atoms with van der Waals surface area (Å²) in [5, 5.41) is 55.1. The van der Waals surface area contributed by atoms with Crippen molar-refractivity contribution in [1.29, 1.82) is 0 Å². The van der Waals surface area contributed by atoms with Crippen LogP contribution in [0.2, 0.25) is 5.15 Å². The third-order valence-electron chi connectivity index (χ3n) is 9.54. The molecule has 0 fully saturated rings. The van der Waals surface area contributed by atoms with E-state index in [1.807, 2.05) is 36.1 Å². The molecule has 56 heavy (non-hydrogen) atoms. The van der Waals surface area contributed by atoms with Crippen molar-refractivity contribution >= 4 is 41.1 Å². The van der Waals surface area contributed by atoms with Gasteiger partial charge in [0, 0.05) is 44.8 Å². The number of nitrogens with zero attached hydrogens (tertiary/aromatic N) is 4. The van der Waals surface area contributed by atoms with Crippen LogP contribution in [0, 0.1) is 12.8 Å². The number of aliphatic hydroxyl groups is 4. The number of amides is 3. The molecular weight excluding hydrogens is 744 g/mol. The topological polar surface area (TPSA) is 261 Å². The average Bonchev–Trinajstić information content (AvgIpc) is 3.18. The highest BCUT2D eigenvalue weighted by Crippen LogP contribution is 2.19. The van der Waals surface area contributed by atoms with Gasteiger partial charge in [-0.05, 0) is 67.5 Å². The number of carboxylic acid groups (broad SMARTS) is 1. The van der Waals surface area contributed by atoms with E-state index in [0.29, 0.717) is 31.5 Å². The number of unbranched alkanes of at least 4 members (excludes halogenated alkanes) is 3. The Bertz CT molecular complexity index is 1700. The van der Waals surface area contributed by atoms with Crippen LogP contribution in [0.25, 0.3) is 0 Å². The highest BCUT2D eigenvalue weighted by Gasteiger charge is 2.26. The van der Waals surface area contributed by atoms with Crippen LogP contribution < -0.4 is 22.1 Å². The Morgan fingerprint density at radius 3 is 2.23 bits per heavy atom. The molecule has 0 unspecified atom stereocenters. The summed E-state index contributed by atoms with van der Waals surface area (Å²) in [5.74, 6) is -1.53. The van der Waals surface area contributed by atoms with Gasteiger partial charge in [0.25, 0.3) is 11.8 Å². The first-order valence-corrected chi connectivity index (χ1v) is 19.2. The number of nitrogens with two attached hydrogens (primary N) is 2. The lowest BCUT2D eigenvalue weighted by Crippen LogP contribution is -2.47. The third kappa shape index (κ3) is 14.8. The highest BCUT2D eigenvalue weighted by atomic mass is 35.5. The number of carbonyl (C=O) groups excluding carboxylic acids is 2. The van der Waals surface area contributed by atoms with Crippen molar-refractivity contribution in [2.75, 3.05) is 63.9 Å². The number of anilines is 2. The third-order valence-corrected chi connectivity index (χ3v) is 9.82. The first kappa shape index (κ1) is 45.8. The molecule has 16 nitrogen and oxygen atoms in total. The number of benzene rings is 2. The molecule has 3 amide bonds. The van der Waals surface area contributed by atoms with Gasteiger partial charge in [-0.25, -0.2) is 14.8 Å². The van der Waals surface area contributed by atoms with E-state index in [1.54, 1.807) is 24.3 Å². The van der Waals surface area contributed by atoms with E-state index in [-0.39, 0.29) is 67.0 Å². The van der Waals surface area contributed by atoms with Gasteiger partial charge in [-0.1, -0.05) is 74.2 Å². The first-order chi connectivity index (χ1) is 26.7. The lowest BCUT2D eigenvalue weighted by Gasteiger charge is -2.29. The molecule has 0 spiro atoms. The highest BCUT2D eigenvalue weighted by molar-refractivity contribution is 6.31. The summed E-state index contributed by atoms with van der Waals surface area (Å²) in [6.45, 7) is 5.13. The fourth-order valence-electron chi connectivity index (χ4n) is 6.17. The molecule has 3 aromatic rings. The predicted molar refractivity (Wildman–Crippen MR) is 214 cm³/mol. The van der Waals surface area contributed by atoms with Gasteiger partial charge < -0.3 is 52.5 Å². The molecule has 0 aliphatic heterocycles. The Balaban J connectivity index is 1.60. The Labute approximate surface area is 332 Å². The minimum Gasteiger partial charge on any atom is -0.465 e. The number of nitrogen functional groups attached to an aromatic ring is 2. The molecule has 0 bridgehead atoms. The fraction of sp³-hybridized carbons (Fsp3) is 0.513. The summed E-state index contributed by atoms with van der Waals surface area (Å²) in [7, 11) is 0. The molecule has 2 aromatic carbocycles. The summed E-state index contributed by atoms with van der Waals surface area (Å²) < 4.78 is 0. The fourth-order valence-corrected chi connectivity index (χ4v) is 6.29. The number of aliphatic hydroxyl groups excluding tert-OH is 4. The van der Waals surface area contributed by atoms with Crippen molar-refractivity contribution in [1.82, 2.24) is 30.4 Å². The number of aromatic nitrogens is 2. The van der Waals surface area contributed by atoms with Crippen molar-refractivity contribution in [2.45, 2.75) is 70.7 Å². The summed E-state index contributed by atoms with van der Waals surface area (Å²) in [5.41, 5.74) is 14.6. The van der Waals surface area contributed by atoms with Crippen LogP contribution in [-0.2, 0) is 12.8 Å². The Hall–Kier alpha value is -4.58. The minimum atomic E-state index is -1.50. The molecule has 0 aliphatic rings. The summed E-state index contributed by atoms with van der Waals surface area (Å²) in [6.07, 6.45) is -0.519. The van der Waals surface area contributed by atoms with Crippen molar-refractivity contribution in [3.8, 4) is 0 Å². The van der Waals surface area contributed by atoms with Crippen LogP contribution in [-0.4, -0.2) is 134 Å². The summed E-state index contributed by atoms with van der Waals surface area (Å²) >= 11 is 5.96. The van der Waals surface area contributed by atoms with E-state index in [9.17, 15) is 34.8 Å². The molecule has 0 radical (unpaired) electrons. The second-order valence-corrected chi connectivity index (χ2v) is 14.3. The van der Waals surface area contributed by atoms with Crippen LogP contribution in [0.4, 0.5) is 16.4 Å². The number of hydrogen-bond donors (Lipinski definition) is 9. The van der Waals surface area contributed by atoms with Crippen molar-refractivity contribution in [3.05, 3.63) is 81.6 Å². The molecule has 0 saturated heterocycles. The zero-order valence-electron chi connectivity index (χ0n) is 32.1. The second kappa shape index (κ2) is 23.5. The van der Waals surface area contributed by atoms with Gasteiger partial charge in [0.05, 0.1) is 12.7 Å². The van der Waals surface area contributed by atoms with Gasteiger partial charge >= 0.3 is 6.09 Å². The zero-order chi connectivity index (χ0) is 41.2. The summed E-state index contributed by atoms with van der Waals surface area (Å²) in [4.78, 5) is 49.4. The molecule has 17 heteroatoms. The van der Waals surface area contributed by atoms with E-state index in [1.165, 1.54) is 4.90 Å². The lowest BCUT2D eigenvalue weighted by molar-refractivity contribution is -0.0840. The zero-order valence-corrected chi connectivity index (χ0v) is 32.9. The molecule has 1 heterocycles. The minimum absolute atomic E-state index is 0.0623. The smallest absolute Gasteiger partial charge is 0.407 e. The van der Waals surface area contributed by atoms with Crippen LogP contribution >= 0.6 is 11.6 Å². The summed E-state index contributed by atoms with van der Waals surface area (Å²) in [6, 6.07) is 14.6. The van der Waals surface area contributed by atoms with E-state index in [0.717, 1.165) is 42.4 Å². The van der Waals surface area contributed by atoms with Gasteiger partial charge in [0.1, 0.15) is 12.2 Å². The van der Waals surface area contributed by atoms with Crippen LogP contribution in [0.3, 0.4) is 0 Å². The van der Waals surface area contributed by atoms with Crippen molar-refractivity contribution in [2.24, 2.45) is 5.92 Å². The van der Waals surface area contributed by atoms with Gasteiger partial charge in [-0.3, -0.25) is 14.5 Å². The van der Waals surface area contributed by atoms with Crippen molar-refractivity contribution in [3.63, 3.8) is 0 Å².